The number of benzene rings is 1. The fourth-order valence-corrected chi connectivity index (χ4v) is 4.89. The van der Waals surface area contributed by atoms with E-state index in [1.165, 1.54) is 0 Å². The number of halogens is 1. The lowest BCUT2D eigenvalue weighted by Crippen LogP contribution is -2.44. The Morgan fingerprint density at radius 2 is 1.91 bits per heavy atom. The highest BCUT2D eigenvalue weighted by Crippen LogP contribution is 2.34. The number of nitrogens with zero attached hydrogens (tertiary/aromatic N) is 4. The number of aliphatic hydroxyl groups is 2. The van der Waals surface area contributed by atoms with Crippen LogP contribution in [0.4, 0.5) is 17.2 Å². The summed E-state index contributed by atoms with van der Waals surface area (Å²) in [5.41, 5.74) is 7.66. The van der Waals surface area contributed by atoms with Gasteiger partial charge in [0, 0.05) is 44.0 Å². The van der Waals surface area contributed by atoms with Gasteiger partial charge in [-0.2, -0.15) is 0 Å². The van der Waals surface area contributed by atoms with E-state index in [2.05, 4.69) is 25.1 Å². The van der Waals surface area contributed by atoms with Crippen LogP contribution in [0.3, 0.4) is 0 Å². The van der Waals surface area contributed by atoms with Crippen LogP contribution in [-0.2, 0) is 6.42 Å². The van der Waals surface area contributed by atoms with Crippen LogP contribution in [0.1, 0.15) is 35.9 Å². The van der Waals surface area contributed by atoms with Gasteiger partial charge in [0.2, 0.25) is 0 Å². The maximum atomic E-state index is 11.9. The standard InChI is InChI=1S/C23H31ClN6O4/c1-3-15-21(24)28-23(20(26-15)22(25)33)27-16-5-4-14(10-19(16)34-2)29-8-6-13(7-9-29)30-11-17(31)18(32)12-30/h4-5,10,13,17-18,31-32H,3,6-9,11-12H2,1-2H3,(H2,25,33)(H,27,28)/t17-,18-/m1/s1. The largest absolute Gasteiger partial charge is 0.494 e. The number of likely N-dealkylation sites (tertiary alicyclic amines) is 1. The van der Waals surface area contributed by atoms with Crippen molar-refractivity contribution >= 4 is 34.7 Å². The molecule has 10 nitrogen and oxygen atoms in total. The summed E-state index contributed by atoms with van der Waals surface area (Å²) in [4.78, 5) is 25.0. The molecule has 34 heavy (non-hydrogen) atoms. The number of ether oxygens (including phenoxy) is 1. The quantitative estimate of drug-likeness (QED) is 0.455. The lowest BCUT2D eigenvalue weighted by Gasteiger charge is -2.38. The molecule has 0 saturated carbocycles. The predicted octanol–water partition coefficient (Wildman–Crippen LogP) is 1.55. The normalized spacial score (nSPS) is 21.6. The number of methoxy groups -OCH3 is 1. The number of aromatic nitrogens is 2. The van der Waals surface area contributed by atoms with Crippen molar-refractivity contribution in [2.24, 2.45) is 5.73 Å². The van der Waals surface area contributed by atoms with Crippen LogP contribution >= 0.6 is 11.6 Å². The topological polar surface area (TPSA) is 137 Å². The molecule has 2 aromatic rings. The first-order valence-corrected chi connectivity index (χ1v) is 11.8. The minimum absolute atomic E-state index is 0.0200. The number of primary amides is 1. The van der Waals surface area contributed by atoms with Crippen LogP contribution in [0.25, 0.3) is 0 Å². The number of carbonyl (C=O) groups is 1. The van der Waals surface area contributed by atoms with Gasteiger partial charge in [-0.15, -0.1) is 0 Å². The van der Waals surface area contributed by atoms with Crippen molar-refractivity contribution in [2.75, 3.05) is 43.5 Å². The Balaban J connectivity index is 1.48. The van der Waals surface area contributed by atoms with E-state index >= 15 is 0 Å². The zero-order valence-corrected chi connectivity index (χ0v) is 20.1. The van der Waals surface area contributed by atoms with Crippen LogP contribution in [-0.4, -0.2) is 82.5 Å². The Morgan fingerprint density at radius 1 is 1.24 bits per heavy atom. The summed E-state index contributed by atoms with van der Waals surface area (Å²) in [5.74, 6) is 0.0627. The molecule has 1 aromatic heterocycles. The SMILES string of the molecule is CCc1nc(C(N)=O)c(Nc2ccc(N3CCC(N4C[C@@H](O)[C@H](O)C4)CC3)cc2OC)nc1Cl. The Kier molecular flexibility index (Phi) is 7.42. The summed E-state index contributed by atoms with van der Waals surface area (Å²) in [6.07, 6.45) is 1.11. The molecule has 5 N–H and O–H groups in total. The zero-order chi connectivity index (χ0) is 24.4. The number of hydrogen-bond acceptors (Lipinski definition) is 9. The number of nitrogens with one attached hydrogen (secondary N) is 1. The molecule has 2 saturated heterocycles. The summed E-state index contributed by atoms with van der Waals surface area (Å²) < 4.78 is 5.60. The molecule has 0 aliphatic carbocycles. The highest BCUT2D eigenvalue weighted by Gasteiger charge is 2.35. The summed E-state index contributed by atoms with van der Waals surface area (Å²) in [5, 5.41) is 23.0. The summed E-state index contributed by atoms with van der Waals surface area (Å²) in [6, 6.07) is 6.13. The van der Waals surface area contributed by atoms with Crippen LogP contribution in [0, 0.1) is 0 Å². The maximum Gasteiger partial charge on any atom is 0.271 e. The van der Waals surface area contributed by atoms with Crippen LogP contribution in [0.15, 0.2) is 18.2 Å². The predicted molar refractivity (Wildman–Crippen MR) is 130 cm³/mol. The lowest BCUT2D eigenvalue weighted by molar-refractivity contribution is 0.0572. The van der Waals surface area contributed by atoms with Gasteiger partial charge in [0.25, 0.3) is 5.91 Å². The van der Waals surface area contributed by atoms with Gasteiger partial charge < -0.3 is 30.9 Å². The number of anilines is 3. The van der Waals surface area contributed by atoms with E-state index in [9.17, 15) is 15.0 Å². The molecule has 0 spiro atoms. The van der Waals surface area contributed by atoms with E-state index in [1.54, 1.807) is 7.11 Å². The molecule has 0 radical (unpaired) electrons. The average Bonchev–Trinajstić information content (AvgIpc) is 3.17. The van der Waals surface area contributed by atoms with E-state index < -0.39 is 18.1 Å². The average molecular weight is 491 g/mol. The van der Waals surface area contributed by atoms with E-state index in [1.807, 2.05) is 25.1 Å². The molecule has 2 fully saturated rings. The second kappa shape index (κ2) is 10.3. The molecule has 0 unspecified atom stereocenters. The highest BCUT2D eigenvalue weighted by atomic mass is 35.5. The third-order valence-corrected chi connectivity index (χ3v) is 6.86. The molecule has 3 heterocycles. The van der Waals surface area contributed by atoms with Crippen molar-refractivity contribution in [2.45, 2.75) is 44.4 Å². The zero-order valence-electron chi connectivity index (χ0n) is 19.4. The fourth-order valence-electron chi connectivity index (χ4n) is 4.63. The molecule has 11 heteroatoms. The van der Waals surface area contributed by atoms with Gasteiger partial charge in [0.1, 0.15) is 5.75 Å². The molecular formula is C23H31ClN6O4. The summed E-state index contributed by atoms with van der Waals surface area (Å²) in [6.45, 7) is 4.64. The third-order valence-electron chi connectivity index (χ3n) is 6.56. The van der Waals surface area contributed by atoms with Crippen molar-refractivity contribution in [1.29, 1.82) is 0 Å². The Hall–Kier alpha value is -2.66. The van der Waals surface area contributed by atoms with E-state index in [0.29, 0.717) is 42.7 Å². The van der Waals surface area contributed by atoms with Crippen molar-refractivity contribution < 1.29 is 19.7 Å². The number of nitrogens with two attached hydrogens (primary N) is 1. The van der Waals surface area contributed by atoms with E-state index in [-0.39, 0.29) is 16.7 Å². The molecular weight excluding hydrogens is 460 g/mol. The first-order chi connectivity index (χ1) is 16.3. The van der Waals surface area contributed by atoms with Gasteiger partial charge >= 0.3 is 0 Å². The van der Waals surface area contributed by atoms with Gasteiger partial charge in [0.05, 0.1) is 30.7 Å². The second-order valence-electron chi connectivity index (χ2n) is 8.69. The van der Waals surface area contributed by atoms with Crippen molar-refractivity contribution in [3.8, 4) is 5.75 Å². The third kappa shape index (κ3) is 5.05. The number of piperidine rings is 1. The molecule has 4 rings (SSSR count). The maximum absolute atomic E-state index is 11.9. The molecule has 1 aromatic carbocycles. The number of amides is 1. The van der Waals surface area contributed by atoms with Gasteiger partial charge in [0.15, 0.2) is 16.7 Å². The van der Waals surface area contributed by atoms with Crippen molar-refractivity contribution in [3.05, 3.63) is 34.7 Å². The van der Waals surface area contributed by atoms with Gasteiger partial charge in [-0.1, -0.05) is 18.5 Å². The number of rotatable bonds is 7. The Morgan fingerprint density at radius 3 is 2.50 bits per heavy atom. The smallest absolute Gasteiger partial charge is 0.271 e. The van der Waals surface area contributed by atoms with Crippen molar-refractivity contribution in [1.82, 2.24) is 14.9 Å². The number of hydrogen-bond donors (Lipinski definition) is 4. The minimum atomic E-state index is -0.696. The van der Waals surface area contributed by atoms with Gasteiger partial charge in [-0.3, -0.25) is 9.69 Å². The molecule has 1 amide bonds. The molecule has 2 aliphatic rings. The minimum Gasteiger partial charge on any atom is -0.494 e. The highest BCUT2D eigenvalue weighted by molar-refractivity contribution is 6.30. The van der Waals surface area contributed by atoms with E-state index in [0.717, 1.165) is 31.6 Å². The van der Waals surface area contributed by atoms with Crippen LogP contribution < -0.4 is 20.7 Å². The molecule has 2 aliphatic heterocycles. The Labute approximate surface area is 203 Å². The number of β-amino-alcohol motifs (C(OH)–C–C–N with tert-alkyl or cyclic N) is 2. The van der Waals surface area contributed by atoms with Crippen LogP contribution in [0.5, 0.6) is 5.75 Å². The van der Waals surface area contributed by atoms with Crippen LogP contribution in [0.2, 0.25) is 5.15 Å². The van der Waals surface area contributed by atoms with Crippen molar-refractivity contribution in [3.63, 3.8) is 0 Å². The monoisotopic (exact) mass is 490 g/mol. The molecule has 184 valence electrons. The fraction of sp³-hybridized carbons (Fsp3) is 0.522. The number of aliphatic hydroxyl groups excluding tert-OH is 2. The van der Waals surface area contributed by atoms with Gasteiger partial charge in [-0.05, 0) is 31.4 Å². The first-order valence-electron chi connectivity index (χ1n) is 11.5. The summed E-state index contributed by atoms with van der Waals surface area (Å²) in [7, 11) is 1.58. The Bertz CT molecular complexity index is 1040. The lowest BCUT2D eigenvalue weighted by atomic mass is 10.0. The first kappa shape index (κ1) is 24.5. The van der Waals surface area contributed by atoms with E-state index in [4.69, 9.17) is 22.1 Å². The summed E-state index contributed by atoms with van der Waals surface area (Å²) >= 11 is 6.21. The second-order valence-corrected chi connectivity index (χ2v) is 9.05. The van der Waals surface area contributed by atoms with Gasteiger partial charge in [-0.25, -0.2) is 9.97 Å². The number of aryl methyl sites for hydroxylation is 1. The molecule has 0 bridgehead atoms. The molecule has 2 atom stereocenters. The number of carbonyl (C=O) groups excluding carboxylic acids is 1.